The predicted octanol–water partition coefficient (Wildman–Crippen LogP) is 2.11. The lowest BCUT2D eigenvalue weighted by atomic mass is 10.3. The summed E-state index contributed by atoms with van der Waals surface area (Å²) in [5.74, 6) is -0.725. The summed E-state index contributed by atoms with van der Waals surface area (Å²) in [6.45, 7) is 3.49. The van der Waals surface area contributed by atoms with Gasteiger partial charge in [0.1, 0.15) is 6.04 Å². The average molecular weight is 306 g/mol. The number of methoxy groups -OCH3 is 1. The number of amides is 1. The Labute approximate surface area is 106 Å². The van der Waals surface area contributed by atoms with Crippen molar-refractivity contribution in [2.45, 2.75) is 19.9 Å². The Hall–Kier alpha value is -0.880. The van der Waals surface area contributed by atoms with Gasteiger partial charge in [-0.15, -0.1) is 11.3 Å². The van der Waals surface area contributed by atoms with Crippen molar-refractivity contribution in [3.63, 3.8) is 0 Å². The van der Waals surface area contributed by atoms with Gasteiger partial charge in [-0.2, -0.15) is 0 Å². The maximum atomic E-state index is 11.7. The van der Waals surface area contributed by atoms with Crippen LogP contribution >= 0.6 is 27.3 Å². The molecule has 0 aliphatic heterocycles. The molecular weight excluding hydrogens is 294 g/mol. The summed E-state index contributed by atoms with van der Waals surface area (Å²) < 4.78 is 5.44. The lowest BCUT2D eigenvalue weighted by Crippen LogP contribution is -2.38. The van der Waals surface area contributed by atoms with E-state index in [9.17, 15) is 9.59 Å². The van der Waals surface area contributed by atoms with Crippen LogP contribution in [0, 0.1) is 6.92 Å². The largest absolute Gasteiger partial charge is 0.467 e. The number of thiophene rings is 1. The van der Waals surface area contributed by atoms with Crippen molar-refractivity contribution in [2.24, 2.45) is 0 Å². The van der Waals surface area contributed by atoms with Crippen LogP contribution in [-0.4, -0.2) is 25.0 Å². The molecule has 0 fully saturated rings. The quantitative estimate of drug-likeness (QED) is 0.870. The normalized spacial score (nSPS) is 12.0. The van der Waals surface area contributed by atoms with Gasteiger partial charge in [-0.05, 0) is 41.4 Å². The van der Waals surface area contributed by atoms with E-state index in [1.807, 2.05) is 6.92 Å². The van der Waals surface area contributed by atoms with Crippen molar-refractivity contribution < 1.29 is 14.3 Å². The second-order valence-electron chi connectivity index (χ2n) is 3.29. The van der Waals surface area contributed by atoms with Gasteiger partial charge in [0.15, 0.2) is 0 Å². The van der Waals surface area contributed by atoms with Gasteiger partial charge < -0.3 is 10.1 Å². The van der Waals surface area contributed by atoms with Crippen molar-refractivity contribution in [1.29, 1.82) is 0 Å². The number of esters is 1. The molecule has 0 unspecified atom stereocenters. The molecule has 6 heteroatoms. The summed E-state index contributed by atoms with van der Waals surface area (Å²) in [5, 5.41) is 2.56. The topological polar surface area (TPSA) is 55.4 Å². The summed E-state index contributed by atoms with van der Waals surface area (Å²) in [4.78, 5) is 23.4. The van der Waals surface area contributed by atoms with Crippen molar-refractivity contribution in [1.82, 2.24) is 5.32 Å². The third-order valence-corrected chi connectivity index (χ3v) is 4.12. The molecule has 1 heterocycles. The Morgan fingerprint density at radius 1 is 1.56 bits per heavy atom. The zero-order valence-electron chi connectivity index (χ0n) is 9.17. The molecule has 1 N–H and O–H groups in total. The number of carbonyl (C=O) groups excluding carboxylic acids is 2. The highest BCUT2D eigenvalue weighted by Gasteiger charge is 2.18. The number of carbonyl (C=O) groups is 2. The summed E-state index contributed by atoms with van der Waals surface area (Å²) in [6, 6.07) is 1.13. The molecular formula is C10H12BrNO3S. The lowest BCUT2D eigenvalue weighted by Gasteiger charge is -2.10. The Kier molecular flexibility index (Phi) is 4.49. The van der Waals surface area contributed by atoms with E-state index in [1.165, 1.54) is 18.4 Å². The molecule has 0 spiro atoms. The Morgan fingerprint density at radius 2 is 2.19 bits per heavy atom. The zero-order chi connectivity index (χ0) is 12.3. The number of hydrogen-bond donors (Lipinski definition) is 1. The molecule has 16 heavy (non-hydrogen) atoms. The van der Waals surface area contributed by atoms with Crippen LogP contribution in [-0.2, 0) is 9.53 Å². The Morgan fingerprint density at radius 3 is 2.62 bits per heavy atom. The third-order valence-electron chi connectivity index (χ3n) is 1.98. The molecule has 1 aromatic rings. The van der Waals surface area contributed by atoms with E-state index >= 15 is 0 Å². The lowest BCUT2D eigenvalue weighted by molar-refractivity contribution is -0.142. The van der Waals surface area contributed by atoms with Gasteiger partial charge in [0.25, 0.3) is 5.91 Å². The first-order chi connectivity index (χ1) is 7.45. The first kappa shape index (κ1) is 13.2. The van der Waals surface area contributed by atoms with E-state index in [0.717, 1.165) is 9.35 Å². The second-order valence-corrected chi connectivity index (χ2v) is 5.66. The highest BCUT2D eigenvalue weighted by Crippen LogP contribution is 2.27. The number of halogens is 1. The Balaban J connectivity index is 2.69. The fourth-order valence-electron chi connectivity index (χ4n) is 1.08. The van der Waals surface area contributed by atoms with Crippen molar-refractivity contribution >= 4 is 39.1 Å². The van der Waals surface area contributed by atoms with E-state index in [1.54, 1.807) is 13.0 Å². The van der Waals surface area contributed by atoms with Gasteiger partial charge in [0.05, 0.1) is 15.8 Å². The molecule has 1 aromatic heterocycles. The minimum atomic E-state index is -0.640. The zero-order valence-corrected chi connectivity index (χ0v) is 11.6. The fraction of sp³-hybridized carbons (Fsp3) is 0.400. The molecule has 0 bridgehead atoms. The summed E-state index contributed by atoms with van der Waals surface area (Å²) in [6.07, 6.45) is 0. The smallest absolute Gasteiger partial charge is 0.328 e. The number of hydrogen-bond acceptors (Lipinski definition) is 4. The monoisotopic (exact) mass is 305 g/mol. The number of ether oxygens (including phenoxy) is 1. The van der Waals surface area contributed by atoms with Crippen molar-refractivity contribution in [3.8, 4) is 0 Å². The molecule has 88 valence electrons. The van der Waals surface area contributed by atoms with Crippen molar-refractivity contribution in [2.75, 3.05) is 7.11 Å². The minimum Gasteiger partial charge on any atom is -0.467 e. The van der Waals surface area contributed by atoms with Gasteiger partial charge in [0.2, 0.25) is 0 Å². The van der Waals surface area contributed by atoms with Gasteiger partial charge in [-0.25, -0.2) is 4.79 Å². The van der Waals surface area contributed by atoms with Crippen LogP contribution in [0.5, 0.6) is 0 Å². The van der Waals surface area contributed by atoms with E-state index in [0.29, 0.717) is 4.88 Å². The van der Waals surface area contributed by atoms with Crippen LogP contribution in [0.15, 0.2) is 9.85 Å². The summed E-state index contributed by atoms with van der Waals surface area (Å²) >= 11 is 4.68. The van der Waals surface area contributed by atoms with E-state index in [4.69, 9.17) is 0 Å². The highest BCUT2D eigenvalue weighted by atomic mass is 79.9. The fourth-order valence-corrected chi connectivity index (χ4v) is 2.51. The number of nitrogens with one attached hydrogen (secondary N) is 1. The molecule has 0 aliphatic rings. The van der Waals surface area contributed by atoms with Crippen LogP contribution in [0.1, 0.15) is 22.2 Å². The summed E-state index contributed by atoms with van der Waals surface area (Å²) in [5.41, 5.74) is 1.00. The van der Waals surface area contributed by atoms with Gasteiger partial charge in [-0.3, -0.25) is 4.79 Å². The Bertz CT molecular complexity index is 397. The first-order valence-electron chi connectivity index (χ1n) is 4.60. The number of aryl methyl sites for hydroxylation is 1. The van der Waals surface area contributed by atoms with E-state index in [-0.39, 0.29) is 5.91 Å². The van der Waals surface area contributed by atoms with E-state index < -0.39 is 12.0 Å². The van der Waals surface area contributed by atoms with Gasteiger partial charge >= 0.3 is 5.97 Å². The van der Waals surface area contributed by atoms with Crippen LogP contribution in [0.4, 0.5) is 0 Å². The average Bonchev–Trinajstić information content (AvgIpc) is 2.58. The van der Waals surface area contributed by atoms with Crippen LogP contribution in [0.3, 0.4) is 0 Å². The highest BCUT2D eigenvalue weighted by molar-refractivity contribution is 9.11. The predicted molar refractivity (Wildman–Crippen MR) is 65.7 cm³/mol. The molecule has 0 saturated heterocycles. The maximum absolute atomic E-state index is 11.7. The van der Waals surface area contributed by atoms with Crippen LogP contribution < -0.4 is 5.32 Å². The molecule has 0 saturated carbocycles. The standard InChI is InChI=1S/C10H12BrNO3S/c1-5-4-7(16-8(5)11)9(13)12-6(2)10(14)15-3/h4,6H,1-3H3,(H,12,13)/t6-/m0/s1. The molecule has 1 amide bonds. The minimum absolute atomic E-state index is 0.267. The summed E-state index contributed by atoms with van der Waals surface area (Å²) in [7, 11) is 1.29. The van der Waals surface area contributed by atoms with Gasteiger partial charge in [0, 0.05) is 0 Å². The van der Waals surface area contributed by atoms with E-state index in [2.05, 4.69) is 26.0 Å². The second kappa shape index (κ2) is 5.45. The van der Waals surface area contributed by atoms with Crippen LogP contribution in [0.25, 0.3) is 0 Å². The van der Waals surface area contributed by atoms with Crippen molar-refractivity contribution in [3.05, 3.63) is 20.3 Å². The molecule has 0 aromatic carbocycles. The molecule has 4 nitrogen and oxygen atoms in total. The van der Waals surface area contributed by atoms with Crippen LogP contribution in [0.2, 0.25) is 0 Å². The first-order valence-corrected chi connectivity index (χ1v) is 6.21. The van der Waals surface area contributed by atoms with Gasteiger partial charge in [-0.1, -0.05) is 0 Å². The molecule has 1 rings (SSSR count). The maximum Gasteiger partial charge on any atom is 0.328 e. The molecule has 0 aliphatic carbocycles. The number of rotatable bonds is 3. The molecule has 0 radical (unpaired) electrons. The third kappa shape index (κ3) is 3.05. The SMILES string of the molecule is COC(=O)[C@H](C)NC(=O)c1cc(C)c(Br)s1. The molecule has 1 atom stereocenters.